The van der Waals surface area contributed by atoms with Crippen molar-refractivity contribution in [2.75, 3.05) is 0 Å². The largest absolute Gasteiger partial charge is 0.481 e. The molecule has 0 unspecified atom stereocenters. The second-order valence-corrected chi connectivity index (χ2v) is 5.50. The first-order valence-corrected chi connectivity index (χ1v) is 7.31. The molecule has 0 aliphatic carbocycles. The number of allylic oxidation sites excluding steroid dienone is 5. The van der Waals surface area contributed by atoms with Crippen LogP contribution in [0.3, 0.4) is 0 Å². The summed E-state index contributed by atoms with van der Waals surface area (Å²) in [4.78, 5) is 10.5. The summed E-state index contributed by atoms with van der Waals surface area (Å²) in [6.07, 6.45) is 10.1. The van der Waals surface area contributed by atoms with Gasteiger partial charge < -0.3 is 10.2 Å². The summed E-state index contributed by atoms with van der Waals surface area (Å²) in [6, 6.07) is 0. The van der Waals surface area contributed by atoms with Crippen LogP contribution in [0.15, 0.2) is 47.1 Å². The quantitative estimate of drug-likeness (QED) is 0.519. The van der Waals surface area contributed by atoms with Crippen LogP contribution in [-0.4, -0.2) is 22.3 Å². The molecule has 0 aliphatic rings. The van der Waals surface area contributed by atoms with Gasteiger partial charge in [-0.2, -0.15) is 0 Å². The van der Waals surface area contributed by atoms with Crippen LogP contribution in [0.5, 0.6) is 0 Å². The van der Waals surface area contributed by atoms with Crippen molar-refractivity contribution >= 4 is 5.97 Å². The molecule has 0 bridgehead atoms. The maximum Gasteiger partial charge on any atom is 0.307 e. The van der Waals surface area contributed by atoms with Crippen LogP contribution in [0.2, 0.25) is 0 Å². The molecule has 0 radical (unpaired) electrons. The first-order chi connectivity index (χ1) is 9.77. The molecule has 0 saturated carbocycles. The first-order valence-electron chi connectivity index (χ1n) is 7.31. The number of carbonyl (C=O) groups is 1. The fourth-order valence-electron chi connectivity index (χ4n) is 1.92. The van der Waals surface area contributed by atoms with Gasteiger partial charge in [0.1, 0.15) is 0 Å². The van der Waals surface area contributed by atoms with Crippen LogP contribution >= 0.6 is 0 Å². The first kappa shape index (κ1) is 19.4. The summed E-state index contributed by atoms with van der Waals surface area (Å²) in [7, 11) is 0. The predicted octanol–water partition coefficient (Wildman–Crippen LogP) is 4.26. The molecular weight excluding hydrogens is 264 g/mol. The number of aliphatic carboxylic acids is 1. The average molecular weight is 292 g/mol. The Morgan fingerprint density at radius 2 is 1.81 bits per heavy atom. The zero-order valence-corrected chi connectivity index (χ0v) is 13.8. The Bertz CT molecular complexity index is 453. The monoisotopic (exact) mass is 292 g/mol. The van der Waals surface area contributed by atoms with Crippen LogP contribution < -0.4 is 0 Å². The van der Waals surface area contributed by atoms with Gasteiger partial charge in [0.15, 0.2) is 0 Å². The molecule has 118 valence electrons. The molecule has 21 heavy (non-hydrogen) atoms. The molecule has 2 N–H and O–H groups in total. The van der Waals surface area contributed by atoms with Crippen LogP contribution in [-0.2, 0) is 4.79 Å². The number of hydrogen-bond donors (Lipinski definition) is 2. The number of aliphatic hydroxyl groups excluding tert-OH is 1. The molecule has 0 aromatic carbocycles. The minimum atomic E-state index is -0.809. The lowest BCUT2D eigenvalue weighted by molar-refractivity contribution is -0.136. The highest BCUT2D eigenvalue weighted by Crippen LogP contribution is 2.16. The van der Waals surface area contributed by atoms with Gasteiger partial charge >= 0.3 is 5.97 Å². The number of aliphatic hydroxyl groups is 1. The summed E-state index contributed by atoms with van der Waals surface area (Å²) in [5, 5.41) is 18.7. The fraction of sp³-hybridized carbons (Fsp3) is 0.500. The number of hydrogen-bond acceptors (Lipinski definition) is 2. The van der Waals surface area contributed by atoms with E-state index in [2.05, 4.69) is 0 Å². The van der Waals surface area contributed by atoms with Crippen LogP contribution in [0.25, 0.3) is 0 Å². The zero-order chi connectivity index (χ0) is 16.4. The van der Waals surface area contributed by atoms with Crippen molar-refractivity contribution in [1.82, 2.24) is 0 Å². The molecule has 0 heterocycles. The Morgan fingerprint density at radius 3 is 2.33 bits per heavy atom. The summed E-state index contributed by atoms with van der Waals surface area (Å²) >= 11 is 0. The van der Waals surface area contributed by atoms with Gasteiger partial charge in [0, 0.05) is 5.92 Å². The molecule has 2 atom stereocenters. The highest BCUT2D eigenvalue weighted by Gasteiger charge is 2.12. The molecular formula is C18H28O3. The molecule has 0 aromatic heterocycles. The van der Waals surface area contributed by atoms with Crippen molar-refractivity contribution in [2.24, 2.45) is 5.92 Å². The Balaban J connectivity index is 4.50. The van der Waals surface area contributed by atoms with Crippen molar-refractivity contribution in [3.63, 3.8) is 0 Å². The van der Waals surface area contributed by atoms with Gasteiger partial charge in [0.05, 0.1) is 12.5 Å². The highest BCUT2D eigenvalue weighted by molar-refractivity contribution is 5.68. The molecule has 0 fully saturated rings. The van der Waals surface area contributed by atoms with Crippen molar-refractivity contribution in [2.45, 2.75) is 53.6 Å². The summed E-state index contributed by atoms with van der Waals surface area (Å²) in [5.41, 5.74) is 3.11. The summed E-state index contributed by atoms with van der Waals surface area (Å²) in [6.45, 7) is 9.77. The SMILES string of the molecule is C/C=C(\C)[C@@H](O)[C@@H](C)/C=C(C)/C=C/C/C(C)=C/CC(=O)O. The molecule has 0 saturated heterocycles. The van der Waals surface area contributed by atoms with Gasteiger partial charge in [0.25, 0.3) is 0 Å². The van der Waals surface area contributed by atoms with E-state index in [1.165, 1.54) is 0 Å². The highest BCUT2D eigenvalue weighted by atomic mass is 16.4. The van der Waals surface area contributed by atoms with Crippen LogP contribution in [0.1, 0.15) is 47.5 Å². The van der Waals surface area contributed by atoms with E-state index in [1.54, 1.807) is 6.08 Å². The minimum absolute atomic E-state index is 0.0644. The minimum Gasteiger partial charge on any atom is -0.481 e. The summed E-state index contributed by atoms with van der Waals surface area (Å²) < 4.78 is 0. The van der Waals surface area contributed by atoms with Gasteiger partial charge in [-0.25, -0.2) is 0 Å². The maximum atomic E-state index is 10.5. The van der Waals surface area contributed by atoms with E-state index in [1.807, 2.05) is 58.9 Å². The van der Waals surface area contributed by atoms with Crippen LogP contribution in [0.4, 0.5) is 0 Å². The Morgan fingerprint density at radius 1 is 1.19 bits per heavy atom. The third-order valence-electron chi connectivity index (χ3n) is 3.39. The normalized spacial score (nSPS) is 17.1. The fourth-order valence-corrected chi connectivity index (χ4v) is 1.92. The Hall–Kier alpha value is -1.61. The van der Waals surface area contributed by atoms with Crippen molar-refractivity contribution < 1.29 is 15.0 Å². The van der Waals surface area contributed by atoms with E-state index in [9.17, 15) is 9.90 Å². The second-order valence-electron chi connectivity index (χ2n) is 5.50. The van der Waals surface area contributed by atoms with Crippen LogP contribution in [0, 0.1) is 5.92 Å². The molecule has 0 spiro atoms. The standard InChI is InChI=1S/C18H28O3/c1-6-15(4)18(21)16(5)12-14(3)9-7-8-13(2)10-11-17(19)20/h6-7,9-10,12,16,18,21H,8,11H2,1-5H3,(H,19,20)/b9-7+,13-10+,14-12+,15-6+/t16-,18+/m0/s1. The molecule has 0 rings (SSSR count). The second kappa shape index (κ2) is 10.2. The number of carboxylic acids is 1. The summed E-state index contributed by atoms with van der Waals surface area (Å²) in [5.74, 6) is -0.744. The molecule has 0 aromatic rings. The van der Waals surface area contributed by atoms with Crippen molar-refractivity contribution in [3.8, 4) is 0 Å². The third-order valence-corrected chi connectivity index (χ3v) is 3.39. The van der Waals surface area contributed by atoms with E-state index < -0.39 is 12.1 Å². The maximum absolute atomic E-state index is 10.5. The topological polar surface area (TPSA) is 57.5 Å². The van der Waals surface area contributed by atoms with Crippen molar-refractivity contribution in [3.05, 3.63) is 47.1 Å². The van der Waals surface area contributed by atoms with Gasteiger partial charge in [-0.15, -0.1) is 0 Å². The molecule has 3 nitrogen and oxygen atoms in total. The van der Waals surface area contributed by atoms with E-state index in [0.29, 0.717) is 0 Å². The van der Waals surface area contributed by atoms with E-state index in [-0.39, 0.29) is 12.3 Å². The van der Waals surface area contributed by atoms with Gasteiger partial charge in [0.2, 0.25) is 0 Å². The Labute approximate surface area is 128 Å². The average Bonchev–Trinajstić information content (AvgIpc) is 2.43. The molecule has 3 heteroatoms. The molecule has 0 amide bonds. The lowest BCUT2D eigenvalue weighted by Crippen LogP contribution is -2.17. The molecule has 0 aliphatic heterocycles. The van der Waals surface area contributed by atoms with Crippen molar-refractivity contribution in [1.29, 1.82) is 0 Å². The van der Waals surface area contributed by atoms with E-state index >= 15 is 0 Å². The lowest BCUT2D eigenvalue weighted by atomic mass is 9.96. The van der Waals surface area contributed by atoms with E-state index in [0.717, 1.165) is 23.1 Å². The van der Waals surface area contributed by atoms with Gasteiger partial charge in [-0.3, -0.25) is 4.79 Å². The Kier molecular flexibility index (Phi) is 9.39. The predicted molar refractivity (Wildman–Crippen MR) is 88.1 cm³/mol. The number of rotatable bonds is 8. The number of carboxylic acid groups (broad SMARTS) is 1. The third kappa shape index (κ3) is 9.03. The lowest BCUT2D eigenvalue weighted by Gasteiger charge is -2.16. The van der Waals surface area contributed by atoms with E-state index in [4.69, 9.17) is 5.11 Å². The van der Waals surface area contributed by atoms with Gasteiger partial charge in [-0.05, 0) is 39.7 Å². The zero-order valence-electron chi connectivity index (χ0n) is 13.8. The smallest absolute Gasteiger partial charge is 0.307 e. The van der Waals surface area contributed by atoms with Gasteiger partial charge in [-0.1, -0.05) is 48.5 Å².